The molecule has 0 radical (unpaired) electrons. The predicted molar refractivity (Wildman–Crippen MR) is 107 cm³/mol. The highest BCUT2D eigenvalue weighted by Gasteiger charge is 2.32. The molecule has 1 heterocycles. The summed E-state index contributed by atoms with van der Waals surface area (Å²) >= 11 is 6.15. The number of allylic oxidation sites excluding steroid dienone is 1. The Hall–Kier alpha value is -3.19. The molecule has 0 aliphatic carbocycles. The molecular formula is C20H20ClN3O4. The second kappa shape index (κ2) is 8.22. The van der Waals surface area contributed by atoms with E-state index in [1.165, 1.54) is 14.2 Å². The average Bonchev–Trinajstić information content (AvgIpc) is 2.68. The van der Waals surface area contributed by atoms with Crippen LogP contribution in [-0.4, -0.2) is 26.2 Å². The van der Waals surface area contributed by atoms with Crippen molar-refractivity contribution in [1.82, 2.24) is 10.6 Å². The van der Waals surface area contributed by atoms with E-state index in [9.17, 15) is 9.59 Å². The summed E-state index contributed by atoms with van der Waals surface area (Å²) in [5.41, 5.74) is 1.98. The Morgan fingerprint density at radius 3 is 2.50 bits per heavy atom. The van der Waals surface area contributed by atoms with Crippen LogP contribution in [0.1, 0.15) is 18.5 Å². The maximum Gasteiger partial charge on any atom is 0.319 e. The molecule has 3 N–H and O–H groups in total. The average molecular weight is 402 g/mol. The van der Waals surface area contributed by atoms with Crippen molar-refractivity contribution in [3.63, 3.8) is 0 Å². The first kappa shape index (κ1) is 19.6. The second-order valence-electron chi connectivity index (χ2n) is 6.12. The minimum absolute atomic E-state index is 0.367. The quantitative estimate of drug-likeness (QED) is 0.713. The van der Waals surface area contributed by atoms with E-state index in [0.717, 1.165) is 0 Å². The highest BCUT2D eigenvalue weighted by molar-refractivity contribution is 6.33. The summed E-state index contributed by atoms with van der Waals surface area (Å²) in [4.78, 5) is 25.1. The summed E-state index contributed by atoms with van der Waals surface area (Å²) in [6.07, 6.45) is 0. The largest absolute Gasteiger partial charge is 0.493 e. The standard InChI is InChI=1S/C20H20ClN3O4/c1-11-17(19(25)23-14-7-5-4-6-13(14)21)18(24-20(26)22-11)12-8-9-15(27-2)16(10-12)28-3/h4-10,18H,1-3H3,(H,23,25)(H2,22,24,26)/t18-/m1/s1. The fraction of sp³-hybridized carbons (Fsp3) is 0.200. The lowest BCUT2D eigenvalue weighted by Crippen LogP contribution is -2.46. The van der Waals surface area contributed by atoms with Gasteiger partial charge in [0.05, 0.1) is 36.5 Å². The number of carbonyl (C=O) groups is 2. The van der Waals surface area contributed by atoms with Crippen LogP contribution in [0.2, 0.25) is 5.02 Å². The van der Waals surface area contributed by atoms with Crippen molar-refractivity contribution in [2.24, 2.45) is 0 Å². The third-order valence-electron chi connectivity index (χ3n) is 4.38. The number of para-hydroxylation sites is 1. The molecule has 0 fully saturated rings. The molecule has 0 spiro atoms. The minimum Gasteiger partial charge on any atom is -0.493 e. The summed E-state index contributed by atoms with van der Waals surface area (Å²) in [7, 11) is 3.06. The molecule has 1 aliphatic rings. The number of hydrogen-bond donors (Lipinski definition) is 3. The number of hydrogen-bond acceptors (Lipinski definition) is 4. The fourth-order valence-corrected chi connectivity index (χ4v) is 3.21. The van der Waals surface area contributed by atoms with Gasteiger partial charge in [-0.15, -0.1) is 0 Å². The molecule has 1 aliphatic heterocycles. The number of benzene rings is 2. The van der Waals surface area contributed by atoms with Crippen molar-refractivity contribution >= 4 is 29.2 Å². The van der Waals surface area contributed by atoms with Gasteiger partial charge in [0.25, 0.3) is 5.91 Å². The number of carbonyl (C=O) groups excluding carboxylic acids is 2. The highest BCUT2D eigenvalue weighted by Crippen LogP contribution is 2.34. The Bertz CT molecular complexity index is 958. The van der Waals surface area contributed by atoms with Gasteiger partial charge >= 0.3 is 6.03 Å². The highest BCUT2D eigenvalue weighted by atomic mass is 35.5. The van der Waals surface area contributed by atoms with Gasteiger partial charge in [-0.2, -0.15) is 0 Å². The van der Waals surface area contributed by atoms with Crippen LogP contribution < -0.4 is 25.4 Å². The van der Waals surface area contributed by atoms with Crippen molar-refractivity contribution in [1.29, 1.82) is 0 Å². The smallest absolute Gasteiger partial charge is 0.319 e. The lowest BCUT2D eigenvalue weighted by atomic mass is 9.94. The van der Waals surface area contributed by atoms with Gasteiger partial charge in [0.15, 0.2) is 11.5 Å². The number of rotatable bonds is 5. The number of urea groups is 1. The molecular weight excluding hydrogens is 382 g/mol. The summed E-state index contributed by atoms with van der Waals surface area (Å²) < 4.78 is 10.6. The van der Waals surface area contributed by atoms with E-state index in [4.69, 9.17) is 21.1 Å². The van der Waals surface area contributed by atoms with Gasteiger partial charge in [-0.05, 0) is 36.8 Å². The zero-order chi connectivity index (χ0) is 20.3. The van der Waals surface area contributed by atoms with E-state index in [2.05, 4.69) is 16.0 Å². The van der Waals surface area contributed by atoms with Crippen molar-refractivity contribution in [3.8, 4) is 11.5 Å². The first-order valence-electron chi connectivity index (χ1n) is 8.50. The molecule has 3 amide bonds. The van der Waals surface area contributed by atoms with Crippen LogP contribution in [0.15, 0.2) is 53.7 Å². The van der Waals surface area contributed by atoms with Crippen LogP contribution >= 0.6 is 11.6 Å². The zero-order valence-corrected chi connectivity index (χ0v) is 16.4. The van der Waals surface area contributed by atoms with Gasteiger partial charge < -0.3 is 25.4 Å². The Morgan fingerprint density at radius 2 is 1.82 bits per heavy atom. The van der Waals surface area contributed by atoms with Crippen molar-refractivity contribution in [2.45, 2.75) is 13.0 Å². The van der Waals surface area contributed by atoms with Crippen LogP contribution in [0, 0.1) is 0 Å². The first-order valence-corrected chi connectivity index (χ1v) is 8.88. The normalized spacial score (nSPS) is 16.1. The van der Waals surface area contributed by atoms with Crippen LogP contribution in [0.5, 0.6) is 11.5 Å². The Balaban J connectivity index is 1.99. The molecule has 0 bridgehead atoms. The lowest BCUT2D eigenvalue weighted by molar-refractivity contribution is -0.113. The molecule has 8 heteroatoms. The Kier molecular flexibility index (Phi) is 5.75. The third kappa shape index (κ3) is 3.89. The Labute approximate surface area is 167 Å². The summed E-state index contributed by atoms with van der Waals surface area (Å²) in [5, 5.41) is 8.65. The van der Waals surface area contributed by atoms with E-state index >= 15 is 0 Å². The van der Waals surface area contributed by atoms with Crippen molar-refractivity contribution < 1.29 is 19.1 Å². The molecule has 3 rings (SSSR count). The van der Waals surface area contributed by atoms with Gasteiger partial charge in [0, 0.05) is 5.70 Å². The number of amides is 3. The number of halogens is 1. The molecule has 28 heavy (non-hydrogen) atoms. The van der Waals surface area contributed by atoms with Gasteiger partial charge in [0.2, 0.25) is 0 Å². The van der Waals surface area contributed by atoms with Gasteiger partial charge in [-0.1, -0.05) is 29.8 Å². The van der Waals surface area contributed by atoms with E-state index in [0.29, 0.717) is 39.0 Å². The maximum absolute atomic E-state index is 13.0. The number of methoxy groups -OCH3 is 2. The monoisotopic (exact) mass is 401 g/mol. The SMILES string of the molecule is COc1ccc([C@H]2NC(=O)NC(C)=C2C(=O)Nc2ccccc2Cl)cc1OC. The van der Waals surface area contributed by atoms with Crippen molar-refractivity contribution in [3.05, 3.63) is 64.3 Å². The van der Waals surface area contributed by atoms with Crippen LogP contribution in [0.25, 0.3) is 0 Å². The summed E-state index contributed by atoms with van der Waals surface area (Å²) in [6, 6.07) is 11.1. The lowest BCUT2D eigenvalue weighted by Gasteiger charge is -2.29. The summed E-state index contributed by atoms with van der Waals surface area (Å²) in [6.45, 7) is 1.67. The van der Waals surface area contributed by atoms with E-state index in [-0.39, 0.29) is 5.91 Å². The zero-order valence-electron chi connectivity index (χ0n) is 15.6. The molecule has 0 aromatic heterocycles. The van der Waals surface area contributed by atoms with Crippen LogP contribution in [-0.2, 0) is 4.79 Å². The van der Waals surface area contributed by atoms with Gasteiger partial charge in [-0.25, -0.2) is 4.79 Å². The topological polar surface area (TPSA) is 88.7 Å². The van der Waals surface area contributed by atoms with Gasteiger partial charge in [-0.3, -0.25) is 4.79 Å². The van der Waals surface area contributed by atoms with E-state index in [1.54, 1.807) is 49.4 Å². The molecule has 2 aromatic carbocycles. The number of nitrogens with one attached hydrogen (secondary N) is 3. The molecule has 7 nitrogen and oxygen atoms in total. The molecule has 1 atom stereocenters. The third-order valence-corrected chi connectivity index (χ3v) is 4.71. The van der Waals surface area contributed by atoms with Crippen LogP contribution in [0.3, 0.4) is 0 Å². The van der Waals surface area contributed by atoms with Crippen molar-refractivity contribution in [2.75, 3.05) is 19.5 Å². The number of ether oxygens (including phenoxy) is 2. The van der Waals surface area contributed by atoms with Gasteiger partial charge in [0.1, 0.15) is 0 Å². The molecule has 146 valence electrons. The number of anilines is 1. The second-order valence-corrected chi connectivity index (χ2v) is 6.53. The minimum atomic E-state index is -0.670. The predicted octanol–water partition coefficient (Wildman–Crippen LogP) is 3.62. The van der Waals surface area contributed by atoms with Crippen LogP contribution in [0.4, 0.5) is 10.5 Å². The van der Waals surface area contributed by atoms with E-state index in [1.807, 2.05) is 0 Å². The molecule has 0 saturated carbocycles. The Morgan fingerprint density at radius 1 is 1.11 bits per heavy atom. The molecule has 0 saturated heterocycles. The molecule has 0 unspecified atom stereocenters. The molecule has 2 aromatic rings. The summed E-state index contributed by atoms with van der Waals surface area (Å²) in [5.74, 6) is 0.670. The maximum atomic E-state index is 13.0. The fourth-order valence-electron chi connectivity index (χ4n) is 3.03. The first-order chi connectivity index (χ1) is 13.4. The van der Waals surface area contributed by atoms with E-state index < -0.39 is 12.1 Å².